The third-order valence-electron chi connectivity index (χ3n) is 20.4. The number of aliphatic carboxylic acids is 3. The molecular weight excluding hydrogens is 2090 g/mol. The van der Waals surface area contributed by atoms with Gasteiger partial charge in [-0.05, 0) is 147 Å². The van der Waals surface area contributed by atoms with Crippen LogP contribution in [0, 0.1) is 0 Å². The number of nitrogens with one attached hydrogen (secondary N) is 7. The van der Waals surface area contributed by atoms with Gasteiger partial charge in [0.15, 0.2) is 5.96 Å². The maximum atomic E-state index is 13.2. The van der Waals surface area contributed by atoms with Crippen LogP contribution in [0.2, 0.25) is 0 Å². The van der Waals surface area contributed by atoms with E-state index in [0.29, 0.717) is 206 Å². The largest absolute Gasteiger partial charge is 0.481 e. The second kappa shape index (κ2) is 54.3. The van der Waals surface area contributed by atoms with Crippen molar-refractivity contribution in [1.82, 2.24) is 87.2 Å². The fourth-order valence-corrected chi connectivity index (χ4v) is 16.6. The Kier molecular flexibility index (Phi) is 42.2. The van der Waals surface area contributed by atoms with E-state index in [1.807, 2.05) is 104 Å². The summed E-state index contributed by atoms with van der Waals surface area (Å²) in [4.78, 5) is 142. The fraction of sp³-hybridized carbons (Fsp3) is 0.511. The van der Waals surface area contributed by atoms with Crippen LogP contribution in [-0.4, -0.2) is 339 Å². The minimum Gasteiger partial charge on any atom is -0.481 e. The second-order valence-electron chi connectivity index (χ2n) is 34.6. The number of halogens is 3. The summed E-state index contributed by atoms with van der Waals surface area (Å²) in [6.45, 7) is 30.9. The van der Waals surface area contributed by atoms with Gasteiger partial charge >= 0.3 is 35.8 Å². The maximum absolute atomic E-state index is 13.2. The molecule has 12 heterocycles. The molecule has 0 aliphatic carbocycles. The van der Waals surface area contributed by atoms with E-state index in [4.69, 9.17) is 58.0 Å². The lowest BCUT2D eigenvalue weighted by Crippen LogP contribution is -2.44. The van der Waals surface area contributed by atoms with Crippen molar-refractivity contribution >= 4 is 216 Å². The Morgan fingerprint density at radius 1 is 0.418 bits per heavy atom. The average molecular weight is 2210 g/mol. The summed E-state index contributed by atoms with van der Waals surface area (Å²) in [7, 11) is 0. The predicted octanol–water partition coefficient (Wildman–Crippen LogP) is 8.09. The number of guanidine groups is 3. The molecule has 6 aromatic heterocycles. The molecule has 0 saturated carbocycles. The molecule has 15 rings (SSSR count). The number of carboxylic acids is 3. The molecule has 0 radical (unpaired) electrons. The molecule has 6 aliphatic rings. The number of esters is 3. The van der Waals surface area contributed by atoms with Crippen molar-refractivity contribution in [1.29, 1.82) is 0 Å². The minimum absolute atomic E-state index is 0.0264. The SMILES string of the molecule is Brc1c(NC2=NCCN2)ccc2nccnc12.CC(C)(C)NC[C@@H](COc1nsnc1N1CCOCC1)OC(=O)CCC(=O)N1CCN=C1Nc1ccc2nccnc2c1Br.CC(C)(C)NC[C@@H](COc1nsnc1N1CCOCC1)OC(=O)CCC(=O)N1CCN=C1Nc1ccc2nccnc2c1Br.CC(C)(C)NC[C@@H](COc1nsnc1N1CCOCC1)OC(=O)CCC(=O)O.O=C(O)/C=C\C(=O)O. The number of hydrogen-bond acceptors (Lipinski definition) is 45. The molecule has 0 spiro atoms. The van der Waals surface area contributed by atoms with Crippen molar-refractivity contribution in [3.05, 3.63) is 99.1 Å². The van der Waals surface area contributed by atoms with Crippen LogP contribution in [0.25, 0.3) is 33.1 Å². The molecular formula is C88H114Br3N27O20S3. The topological polar surface area (TPSA) is 572 Å². The lowest BCUT2D eigenvalue weighted by molar-refractivity contribution is -0.153. The number of anilines is 6. The molecule has 141 heavy (non-hydrogen) atoms. The molecule has 3 atom stereocenters. The van der Waals surface area contributed by atoms with E-state index >= 15 is 0 Å². The zero-order chi connectivity index (χ0) is 101. The quantitative estimate of drug-likeness (QED) is 0.0102. The number of hydrogen-bond donors (Lipinski definition) is 10. The van der Waals surface area contributed by atoms with E-state index in [2.05, 4.69) is 166 Å². The molecule has 0 bridgehead atoms. The number of carbonyl (C=O) groups is 8. The summed E-state index contributed by atoms with van der Waals surface area (Å²) in [6, 6.07) is 11.3. The minimum atomic E-state index is -1.26. The van der Waals surface area contributed by atoms with Crippen LogP contribution in [0.1, 0.15) is 101 Å². The first-order chi connectivity index (χ1) is 67.6. The van der Waals surface area contributed by atoms with Crippen LogP contribution < -0.4 is 66.1 Å². The van der Waals surface area contributed by atoms with Gasteiger partial charge in [-0.15, -0.1) is 13.1 Å². The van der Waals surface area contributed by atoms with Gasteiger partial charge in [-0.2, -0.15) is 13.1 Å². The van der Waals surface area contributed by atoms with E-state index in [0.717, 1.165) is 95.4 Å². The summed E-state index contributed by atoms with van der Waals surface area (Å²) in [6.07, 6.45) is 8.53. The molecule has 6 aliphatic heterocycles. The monoisotopic (exact) mass is 2200 g/mol. The van der Waals surface area contributed by atoms with Gasteiger partial charge in [0, 0.05) is 157 Å². The zero-order valence-corrected chi connectivity index (χ0v) is 86.3. The predicted molar refractivity (Wildman–Crippen MR) is 539 cm³/mol. The first-order valence-corrected chi connectivity index (χ1v) is 49.6. The normalized spacial score (nSPS) is 15.5. The Morgan fingerprint density at radius 2 is 0.738 bits per heavy atom. The standard InChI is InChI=1S/2C28H36BrN9O5S.C17H28N4O6S.C11H10BrN5.C4H4O4/c2*1-28(2,3)33-16-18(17-42-26-25(35-44-36-26)37-12-14-41-15-13-37)43-22(40)7-6-21(39)38-11-10-32-27(38)34-19-4-5-20-24(23(19)29)31-9-8-30-20;1-17(2,3)18-10-12(27-14(24)5-4-13(22)23)11-26-16-15(19-28-20-16)21-6-8-25-9-7-21;12-9-7(17-11-15-5-6-16-11)1-2-8-10(9)14-4-3-13-8;5-3(6)1-2-4(7)8/h2*4-5,8-9,18,33H,6-7,10-17H2,1-3H3,(H,32,34);12,18H,4-11H2,1-3H3,(H,22,23);1-4H,5-6H2,(H2,15,16,17);1-2H,(H,5,6)(H,7,8)/b;;;;2-1-/t2*18-;12-;;/m000../s1. The summed E-state index contributed by atoms with van der Waals surface area (Å²) >= 11 is 13.9. The van der Waals surface area contributed by atoms with Gasteiger partial charge in [-0.25, -0.2) is 9.59 Å². The first-order valence-electron chi connectivity index (χ1n) is 45.1. The van der Waals surface area contributed by atoms with E-state index in [1.54, 1.807) is 47.0 Å². The Morgan fingerprint density at radius 3 is 1.04 bits per heavy atom. The summed E-state index contributed by atoms with van der Waals surface area (Å²) < 4.78 is 79.2. The molecule has 9 aromatic rings. The third-order valence-corrected chi connectivity index (χ3v) is 24.3. The summed E-state index contributed by atoms with van der Waals surface area (Å²) in [5.41, 5.74) is 6.35. The number of aromatic nitrogens is 12. The van der Waals surface area contributed by atoms with Crippen LogP contribution in [0.4, 0.5) is 34.5 Å². The molecule has 2 amide bonds. The van der Waals surface area contributed by atoms with Gasteiger partial charge in [0.25, 0.3) is 17.6 Å². The van der Waals surface area contributed by atoms with E-state index in [9.17, 15) is 38.4 Å². The first kappa shape index (κ1) is 109. The Hall–Kier alpha value is -11.9. The third kappa shape index (κ3) is 35.9. The molecule has 53 heteroatoms. The maximum Gasteiger partial charge on any atom is 0.328 e. The van der Waals surface area contributed by atoms with Gasteiger partial charge in [-0.3, -0.25) is 83.4 Å². The van der Waals surface area contributed by atoms with Crippen molar-refractivity contribution in [2.24, 2.45) is 15.0 Å². The highest BCUT2D eigenvalue weighted by Crippen LogP contribution is 2.35. The summed E-state index contributed by atoms with van der Waals surface area (Å²) in [5, 5.41) is 47.2. The highest BCUT2D eigenvalue weighted by molar-refractivity contribution is 9.11. The lowest BCUT2D eigenvalue weighted by atomic mass is 10.1. The molecule has 3 saturated heterocycles. The van der Waals surface area contributed by atoms with Crippen molar-refractivity contribution in [3.8, 4) is 17.6 Å². The molecule has 3 aromatic carbocycles. The van der Waals surface area contributed by atoms with E-state index in [-0.39, 0.29) is 86.8 Å². The smallest absolute Gasteiger partial charge is 0.328 e. The van der Waals surface area contributed by atoms with E-state index < -0.39 is 54.1 Å². The number of benzene rings is 3. The van der Waals surface area contributed by atoms with Crippen LogP contribution in [0.5, 0.6) is 17.6 Å². The van der Waals surface area contributed by atoms with Gasteiger partial charge in [-0.1, -0.05) is 0 Å². The van der Waals surface area contributed by atoms with E-state index in [1.165, 1.54) is 0 Å². The number of aliphatic imine (C=N–C) groups is 3. The Balaban J connectivity index is 0.000000183. The van der Waals surface area contributed by atoms with Crippen LogP contribution >= 0.6 is 83.0 Å². The molecule has 10 N–H and O–H groups in total. The van der Waals surface area contributed by atoms with Crippen LogP contribution in [-0.2, 0) is 66.8 Å². The van der Waals surface area contributed by atoms with Crippen molar-refractivity contribution in [2.75, 3.05) is 188 Å². The van der Waals surface area contributed by atoms with Crippen LogP contribution in [0.15, 0.2) is 114 Å². The Bertz CT molecular complexity index is 5590. The van der Waals surface area contributed by atoms with Crippen molar-refractivity contribution in [2.45, 2.75) is 136 Å². The number of fused-ring (bicyclic) bond motifs is 3. The molecule has 760 valence electrons. The number of morpholine rings is 3. The average Bonchev–Trinajstić information content (AvgIpc) is 1.80. The molecule has 0 unspecified atom stereocenters. The number of ether oxygens (including phenoxy) is 9. The zero-order valence-electron chi connectivity index (χ0n) is 79.1. The highest BCUT2D eigenvalue weighted by atomic mass is 79.9. The van der Waals surface area contributed by atoms with Crippen molar-refractivity contribution in [3.63, 3.8) is 0 Å². The number of carboxylic acid groups (broad SMARTS) is 3. The fourth-order valence-electron chi connectivity index (χ4n) is 13.4. The number of rotatable bonds is 35. The summed E-state index contributed by atoms with van der Waals surface area (Å²) in [5.74, 6) is -0.738. The van der Waals surface area contributed by atoms with Crippen LogP contribution in [0.3, 0.4) is 0 Å². The number of carbonyl (C=O) groups excluding carboxylic acids is 5. The number of amides is 2. The second-order valence-corrected chi connectivity index (χ2v) is 38.6. The van der Waals surface area contributed by atoms with Gasteiger partial charge in [0.1, 0.15) is 54.7 Å². The lowest BCUT2D eigenvalue weighted by Gasteiger charge is -2.27. The van der Waals surface area contributed by atoms with Gasteiger partial charge < -0.3 is 110 Å². The molecule has 3 fully saturated rings. The molecule has 47 nitrogen and oxygen atoms in total. The van der Waals surface area contributed by atoms with Gasteiger partial charge in [0.05, 0.1) is 167 Å². The number of nitrogens with zero attached hydrogens (tertiary/aromatic N) is 20. The highest BCUT2D eigenvalue weighted by Gasteiger charge is 2.33. The Labute approximate surface area is 849 Å². The van der Waals surface area contributed by atoms with Gasteiger partial charge in [0.2, 0.25) is 41.2 Å². The van der Waals surface area contributed by atoms with Crippen molar-refractivity contribution < 1.29 is 96.3 Å².